The maximum absolute atomic E-state index is 13.2. The molecular formula is C24H21ClN10O. The van der Waals surface area contributed by atoms with Crippen LogP contribution >= 0.6 is 11.6 Å². The van der Waals surface area contributed by atoms with Gasteiger partial charge >= 0.3 is 0 Å². The van der Waals surface area contributed by atoms with Crippen LogP contribution in [-0.4, -0.2) is 52.3 Å². The van der Waals surface area contributed by atoms with Gasteiger partial charge in [0.05, 0.1) is 16.9 Å². The van der Waals surface area contributed by atoms with E-state index in [-0.39, 0.29) is 18.2 Å². The van der Waals surface area contributed by atoms with E-state index < -0.39 is 0 Å². The summed E-state index contributed by atoms with van der Waals surface area (Å²) in [7, 11) is 3.60. The first-order chi connectivity index (χ1) is 17.5. The topological polar surface area (TPSA) is 119 Å². The number of carbonyl (C=O) groups excluding carboxylic acids is 1. The summed E-state index contributed by atoms with van der Waals surface area (Å²) >= 11 is 5.99. The van der Waals surface area contributed by atoms with Crippen molar-refractivity contribution >= 4 is 40.7 Å². The van der Waals surface area contributed by atoms with Crippen LogP contribution in [0, 0.1) is 0 Å². The number of nitrogens with one attached hydrogen (secondary N) is 1. The summed E-state index contributed by atoms with van der Waals surface area (Å²) in [6.07, 6.45) is 5.83. The number of aryl methyl sites for hydroxylation is 1. The van der Waals surface area contributed by atoms with E-state index in [2.05, 4.69) is 35.6 Å². The van der Waals surface area contributed by atoms with Gasteiger partial charge in [-0.05, 0) is 30.3 Å². The summed E-state index contributed by atoms with van der Waals surface area (Å²) in [6, 6.07) is 11.2. The lowest BCUT2D eigenvalue weighted by Crippen LogP contribution is -2.27. The number of amides is 1. The van der Waals surface area contributed by atoms with Crippen molar-refractivity contribution < 1.29 is 4.79 Å². The Morgan fingerprint density at radius 3 is 2.75 bits per heavy atom. The first-order valence-electron chi connectivity index (χ1n) is 11.3. The van der Waals surface area contributed by atoms with Gasteiger partial charge in [0.2, 0.25) is 11.9 Å². The Kier molecular flexibility index (Phi) is 5.33. The second kappa shape index (κ2) is 8.68. The number of hydrogen-bond acceptors (Lipinski definition) is 8. The Balaban J connectivity index is 1.40. The fraction of sp³-hybridized carbons (Fsp3) is 0.208. The molecule has 0 fully saturated rings. The van der Waals surface area contributed by atoms with Crippen molar-refractivity contribution in [3.8, 4) is 11.3 Å². The van der Waals surface area contributed by atoms with Gasteiger partial charge in [-0.1, -0.05) is 11.6 Å². The molecule has 5 aromatic rings. The summed E-state index contributed by atoms with van der Waals surface area (Å²) in [5, 5.41) is 16.8. The Morgan fingerprint density at radius 1 is 1.08 bits per heavy atom. The third-order valence-corrected chi connectivity index (χ3v) is 6.50. The van der Waals surface area contributed by atoms with E-state index in [1.54, 1.807) is 41.3 Å². The largest absolute Gasteiger partial charge is 0.309 e. The summed E-state index contributed by atoms with van der Waals surface area (Å²) in [5.41, 5.74) is 2.95. The molecule has 180 valence electrons. The van der Waals surface area contributed by atoms with Crippen LogP contribution in [0.3, 0.4) is 0 Å². The number of carbonyl (C=O) groups is 1. The van der Waals surface area contributed by atoms with Gasteiger partial charge in [-0.15, -0.1) is 10.2 Å². The monoisotopic (exact) mass is 500 g/mol. The zero-order valence-electron chi connectivity index (χ0n) is 19.5. The van der Waals surface area contributed by atoms with E-state index in [1.807, 2.05) is 41.8 Å². The van der Waals surface area contributed by atoms with Crippen molar-refractivity contribution in [2.45, 2.75) is 18.8 Å². The number of rotatable bonds is 5. The van der Waals surface area contributed by atoms with E-state index in [0.29, 0.717) is 34.6 Å². The molecule has 11 nitrogen and oxygen atoms in total. The van der Waals surface area contributed by atoms with Gasteiger partial charge in [0.25, 0.3) is 0 Å². The summed E-state index contributed by atoms with van der Waals surface area (Å²) in [4.78, 5) is 28.2. The molecule has 6 rings (SSSR count). The molecular weight excluding hydrogens is 480 g/mol. The number of pyridine rings is 2. The summed E-state index contributed by atoms with van der Waals surface area (Å²) in [5.74, 6) is 2.41. The van der Waals surface area contributed by atoms with Crippen molar-refractivity contribution in [3.63, 3.8) is 0 Å². The second-order valence-electron chi connectivity index (χ2n) is 8.61. The van der Waals surface area contributed by atoms with Crippen molar-refractivity contribution in [2.24, 2.45) is 7.05 Å². The average Bonchev–Trinajstić information content (AvgIpc) is 3.47. The molecule has 0 aliphatic carbocycles. The Bertz CT molecular complexity index is 1590. The third-order valence-electron chi connectivity index (χ3n) is 6.27. The molecule has 1 N–H and O–H groups in total. The number of anilines is 3. The van der Waals surface area contributed by atoms with Crippen molar-refractivity contribution in [3.05, 3.63) is 71.5 Å². The van der Waals surface area contributed by atoms with E-state index in [9.17, 15) is 4.79 Å². The number of aromatic nitrogens is 8. The standard InChI is InChI=1S/C24H21ClN10O/c1-33-21-11-14(18-5-7-26-24(29-18)30-19-6-8-28-34(19)2)10-20-31-32-23(35(20)21)15(12-22(33)36)9-17-4-3-16(25)13-27-17/h3-8,10-11,13,15H,9,12H2,1-2H3,(H,26,29,30). The lowest BCUT2D eigenvalue weighted by molar-refractivity contribution is -0.118. The van der Waals surface area contributed by atoms with E-state index >= 15 is 0 Å². The molecule has 1 aliphatic rings. The molecule has 0 aromatic carbocycles. The van der Waals surface area contributed by atoms with Gasteiger partial charge in [0, 0.05) is 62.6 Å². The van der Waals surface area contributed by atoms with Gasteiger partial charge in [-0.25, -0.2) is 9.97 Å². The van der Waals surface area contributed by atoms with Gasteiger partial charge in [0.1, 0.15) is 17.5 Å². The van der Waals surface area contributed by atoms with Crippen molar-refractivity contribution in [1.82, 2.24) is 39.3 Å². The molecule has 6 heterocycles. The Labute approximate surface area is 210 Å². The minimum absolute atomic E-state index is 0.0147. The first-order valence-corrected chi connectivity index (χ1v) is 11.7. The van der Waals surface area contributed by atoms with Crippen molar-refractivity contribution in [2.75, 3.05) is 17.3 Å². The number of nitrogens with zero attached hydrogens (tertiary/aromatic N) is 9. The predicted molar refractivity (Wildman–Crippen MR) is 134 cm³/mol. The summed E-state index contributed by atoms with van der Waals surface area (Å²) < 4.78 is 3.63. The van der Waals surface area contributed by atoms with Gasteiger partial charge in [-0.2, -0.15) is 5.10 Å². The molecule has 5 aromatic heterocycles. The summed E-state index contributed by atoms with van der Waals surface area (Å²) in [6.45, 7) is 0. The molecule has 0 bridgehead atoms. The molecule has 12 heteroatoms. The molecule has 0 saturated carbocycles. The lowest BCUT2D eigenvalue weighted by Gasteiger charge is -2.17. The van der Waals surface area contributed by atoms with Crippen LogP contribution in [-0.2, 0) is 18.3 Å². The van der Waals surface area contributed by atoms with Gasteiger partial charge in [0.15, 0.2) is 5.65 Å². The highest BCUT2D eigenvalue weighted by atomic mass is 35.5. The molecule has 36 heavy (non-hydrogen) atoms. The maximum atomic E-state index is 13.2. The first kappa shape index (κ1) is 22.1. The molecule has 0 spiro atoms. The van der Waals surface area contributed by atoms with Crippen LogP contribution < -0.4 is 10.2 Å². The minimum Gasteiger partial charge on any atom is -0.309 e. The van der Waals surface area contributed by atoms with E-state index in [1.165, 1.54) is 0 Å². The zero-order chi connectivity index (χ0) is 24.8. The van der Waals surface area contributed by atoms with Crippen LogP contribution in [0.2, 0.25) is 5.02 Å². The van der Waals surface area contributed by atoms with E-state index in [0.717, 1.165) is 22.9 Å². The number of hydrogen-bond donors (Lipinski definition) is 1. The highest BCUT2D eigenvalue weighted by molar-refractivity contribution is 6.30. The van der Waals surface area contributed by atoms with Crippen LogP contribution in [0.1, 0.15) is 23.9 Å². The van der Waals surface area contributed by atoms with Gasteiger partial charge in [-0.3, -0.25) is 18.9 Å². The molecule has 0 radical (unpaired) electrons. The van der Waals surface area contributed by atoms with Crippen LogP contribution in [0.4, 0.5) is 17.6 Å². The molecule has 1 amide bonds. The van der Waals surface area contributed by atoms with Crippen LogP contribution in [0.5, 0.6) is 0 Å². The average molecular weight is 501 g/mol. The van der Waals surface area contributed by atoms with Crippen LogP contribution in [0.15, 0.2) is 55.0 Å². The Morgan fingerprint density at radius 2 is 1.97 bits per heavy atom. The van der Waals surface area contributed by atoms with Gasteiger partial charge < -0.3 is 10.2 Å². The minimum atomic E-state index is -0.176. The predicted octanol–water partition coefficient (Wildman–Crippen LogP) is 3.40. The smallest absolute Gasteiger partial charge is 0.228 e. The normalized spacial score (nSPS) is 15.4. The van der Waals surface area contributed by atoms with Crippen molar-refractivity contribution in [1.29, 1.82) is 0 Å². The zero-order valence-corrected chi connectivity index (χ0v) is 20.3. The fourth-order valence-electron chi connectivity index (χ4n) is 4.38. The van der Waals surface area contributed by atoms with E-state index in [4.69, 9.17) is 11.6 Å². The third kappa shape index (κ3) is 3.93. The molecule has 1 aliphatic heterocycles. The molecule has 1 atom stereocenters. The molecule has 0 saturated heterocycles. The maximum Gasteiger partial charge on any atom is 0.228 e. The Hall–Kier alpha value is -4.38. The van der Waals surface area contributed by atoms with Crippen LogP contribution in [0.25, 0.3) is 16.9 Å². The number of halogens is 1. The lowest BCUT2D eigenvalue weighted by atomic mass is 9.98. The highest BCUT2D eigenvalue weighted by Gasteiger charge is 2.31. The highest BCUT2D eigenvalue weighted by Crippen LogP contribution is 2.34. The second-order valence-corrected chi connectivity index (χ2v) is 9.05. The SMILES string of the molecule is CN1C(=O)CC(Cc2ccc(Cl)cn2)c2nnc3cc(-c4ccnc(Nc5ccnn5C)n4)cc1n23. The quantitative estimate of drug-likeness (QED) is 0.390. The molecule has 1 unspecified atom stereocenters. The fourth-order valence-corrected chi connectivity index (χ4v) is 4.49.